The second-order valence-electron chi connectivity index (χ2n) is 7.40. The summed E-state index contributed by atoms with van der Waals surface area (Å²) in [5.74, 6) is -1.04. The third-order valence-electron chi connectivity index (χ3n) is 4.69. The first-order valence-electron chi connectivity index (χ1n) is 9.58. The molecular formula is C23H23ClFN3O2. The highest BCUT2D eigenvalue weighted by molar-refractivity contribution is 6.30. The van der Waals surface area contributed by atoms with Gasteiger partial charge in [0.15, 0.2) is 0 Å². The topological polar surface area (TPSA) is 55.2 Å². The maximum atomic E-state index is 14.3. The van der Waals surface area contributed by atoms with Crippen molar-refractivity contribution in [1.82, 2.24) is 14.7 Å². The Morgan fingerprint density at radius 1 is 1.13 bits per heavy atom. The minimum atomic E-state index is -0.617. The Morgan fingerprint density at radius 3 is 2.57 bits per heavy atom. The summed E-state index contributed by atoms with van der Waals surface area (Å²) in [6.07, 6.45) is 0.912. The van der Waals surface area contributed by atoms with Gasteiger partial charge in [-0.05, 0) is 55.3 Å². The molecule has 30 heavy (non-hydrogen) atoms. The summed E-state index contributed by atoms with van der Waals surface area (Å²) in [4.78, 5) is 25.7. The van der Waals surface area contributed by atoms with E-state index in [-0.39, 0.29) is 17.8 Å². The molecule has 2 aromatic carbocycles. The SMILES string of the molecule is Cc1cc(CCC(=O)Cc2ccc(C(=O)N(C)C)c(F)c2)n(-c2cccc(Cl)c2)n1. The van der Waals surface area contributed by atoms with Gasteiger partial charge in [-0.2, -0.15) is 5.10 Å². The average Bonchev–Trinajstić information content (AvgIpc) is 3.06. The molecule has 0 bridgehead atoms. The maximum absolute atomic E-state index is 14.3. The molecule has 3 rings (SSSR count). The zero-order valence-corrected chi connectivity index (χ0v) is 17.9. The molecule has 0 saturated heterocycles. The van der Waals surface area contributed by atoms with E-state index < -0.39 is 11.7 Å². The fourth-order valence-electron chi connectivity index (χ4n) is 3.23. The Labute approximate surface area is 180 Å². The van der Waals surface area contributed by atoms with Crippen molar-refractivity contribution >= 4 is 23.3 Å². The van der Waals surface area contributed by atoms with Crippen LogP contribution in [0.25, 0.3) is 5.69 Å². The Balaban J connectivity index is 1.67. The lowest BCUT2D eigenvalue weighted by molar-refractivity contribution is -0.118. The van der Waals surface area contributed by atoms with Crippen molar-refractivity contribution < 1.29 is 14.0 Å². The van der Waals surface area contributed by atoms with Gasteiger partial charge in [-0.25, -0.2) is 9.07 Å². The highest BCUT2D eigenvalue weighted by Crippen LogP contribution is 2.19. The van der Waals surface area contributed by atoms with Gasteiger partial charge in [-0.3, -0.25) is 9.59 Å². The standard InChI is InChI=1S/C23H23ClFN3O2/c1-15-11-19(28(26-15)18-6-4-5-17(24)14-18)8-9-20(29)12-16-7-10-21(22(25)13-16)23(30)27(2)3/h4-7,10-11,13-14H,8-9,12H2,1-3H3. The van der Waals surface area contributed by atoms with E-state index in [1.165, 1.54) is 17.0 Å². The maximum Gasteiger partial charge on any atom is 0.256 e. The Hall–Kier alpha value is -2.99. The second-order valence-corrected chi connectivity index (χ2v) is 7.83. The molecule has 0 aliphatic carbocycles. The molecule has 0 N–H and O–H groups in total. The van der Waals surface area contributed by atoms with E-state index in [9.17, 15) is 14.0 Å². The lowest BCUT2D eigenvalue weighted by atomic mass is 10.0. The molecule has 1 heterocycles. The van der Waals surface area contributed by atoms with Gasteiger partial charge in [0.25, 0.3) is 5.91 Å². The van der Waals surface area contributed by atoms with Crippen molar-refractivity contribution in [3.05, 3.63) is 81.9 Å². The number of carbonyl (C=O) groups is 2. The highest BCUT2D eigenvalue weighted by Gasteiger charge is 2.16. The van der Waals surface area contributed by atoms with Gasteiger partial charge in [0.2, 0.25) is 0 Å². The Kier molecular flexibility index (Phi) is 6.67. The van der Waals surface area contributed by atoms with Gasteiger partial charge in [0, 0.05) is 37.7 Å². The largest absolute Gasteiger partial charge is 0.345 e. The normalized spacial score (nSPS) is 10.8. The predicted octanol–water partition coefficient (Wildman–Crippen LogP) is 4.42. The molecule has 0 fully saturated rings. The number of halogens is 2. The number of nitrogens with zero attached hydrogens (tertiary/aromatic N) is 3. The predicted molar refractivity (Wildman–Crippen MR) is 115 cm³/mol. The number of aromatic nitrogens is 2. The molecule has 0 spiro atoms. The van der Waals surface area contributed by atoms with Crippen LogP contribution in [0.4, 0.5) is 4.39 Å². The van der Waals surface area contributed by atoms with Gasteiger partial charge >= 0.3 is 0 Å². The molecule has 0 aliphatic heterocycles. The zero-order valence-electron chi connectivity index (χ0n) is 17.2. The first-order chi connectivity index (χ1) is 14.2. The smallest absolute Gasteiger partial charge is 0.256 e. The number of hydrogen-bond donors (Lipinski definition) is 0. The van der Waals surface area contributed by atoms with Crippen molar-refractivity contribution in [3.63, 3.8) is 0 Å². The molecule has 156 valence electrons. The van der Waals surface area contributed by atoms with Crippen LogP contribution in [-0.4, -0.2) is 40.5 Å². The van der Waals surface area contributed by atoms with Crippen LogP contribution in [-0.2, 0) is 17.6 Å². The number of hydrogen-bond acceptors (Lipinski definition) is 3. The summed E-state index contributed by atoms with van der Waals surface area (Å²) in [6, 6.07) is 13.6. The van der Waals surface area contributed by atoms with Crippen LogP contribution in [0.3, 0.4) is 0 Å². The van der Waals surface area contributed by atoms with Gasteiger partial charge in [-0.15, -0.1) is 0 Å². The van der Waals surface area contributed by atoms with Crippen molar-refractivity contribution in [1.29, 1.82) is 0 Å². The highest BCUT2D eigenvalue weighted by atomic mass is 35.5. The third kappa shape index (κ3) is 5.13. The van der Waals surface area contributed by atoms with E-state index in [4.69, 9.17) is 11.6 Å². The summed E-state index contributed by atoms with van der Waals surface area (Å²) in [6.45, 7) is 1.89. The molecule has 0 aliphatic rings. The summed E-state index contributed by atoms with van der Waals surface area (Å²) in [5, 5.41) is 5.11. The summed E-state index contributed by atoms with van der Waals surface area (Å²) in [5.41, 5.74) is 3.13. The van der Waals surface area contributed by atoms with E-state index in [0.717, 1.165) is 17.1 Å². The Bertz CT molecular complexity index is 1090. The monoisotopic (exact) mass is 427 g/mol. The Morgan fingerprint density at radius 2 is 1.90 bits per heavy atom. The van der Waals surface area contributed by atoms with E-state index in [1.54, 1.807) is 30.9 Å². The molecule has 0 saturated carbocycles. The first kappa shape index (κ1) is 21.7. The van der Waals surface area contributed by atoms with Crippen LogP contribution in [0, 0.1) is 12.7 Å². The molecule has 5 nitrogen and oxygen atoms in total. The molecule has 0 atom stereocenters. The van der Waals surface area contributed by atoms with Gasteiger partial charge < -0.3 is 4.90 Å². The van der Waals surface area contributed by atoms with Gasteiger partial charge in [0.05, 0.1) is 16.9 Å². The summed E-state index contributed by atoms with van der Waals surface area (Å²) >= 11 is 6.08. The molecule has 7 heteroatoms. The number of carbonyl (C=O) groups excluding carboxylic acids is 2. The summed E-state index contributed by atoms with van der Waals surface area (Å²) < 4.78 is 16.0. The molecule has 1 aromatic heterocycles. The van der Waals surface area contributed by atoms with Crippen LogP contribution in [0.1, 0.15) is 33.7 Å². The van der Waals surface area contributed by atoms with Crippen molar-refractivity contribution in [3.8, 4) is 5.69 Å². The minimum Gasteiger partial charge on any atom is -0.345 e. The lowest BCUT2D eigenvalue weighted by Crippen LogP contribution is -2.22. The fourth-order valence-corrected chi connectivity index (χ4v) is 3.41. The number of rotatable bonds is 7. The molecule has 0 radical (unpaired) electrons. The summed E-state index contributed by atoms with van der Waals surface area (Å²) in [7, 11) is 3.13. The van der Waals surface area contributed by atoms with Crippen molar-refractivity contribution in [2.24, 2.45) is 0 Å². The zero-order chi connectivity index (χ0) is 21.8. The van der Waals surface area contributed by atoms with Gasteiger partial charge in [-0.1, -0.05) is 23.7 Å². The second kappa shape index (κ2) is 9.22. The fraction of sp³-hybridized carbons (Fsp3) is 0.261. The molecule has 3 aromatic rings. The van der Waals surface area contributed by atoms with E-state index >= 15 is 0 Å². The van der Waals surface area contributed by atoms with Crippen molar-refractivity contribution in [2.45, 2.75) is 26.2 Å². The minimum absolute atomic E-state index is 0.00269. The van der Waals surface area contributed by atoms with Crippen LogP contribution < -0.4 is 0 Å². The van der Waals surface area contributed by atoms with Crippen LogP contribution >= 0.6 is 11.6 Å². The van der Waals surface area contributed by atoms with Crippen LogP contribution in [0.5, 0.6) is 0 Å². The van der Waals surface area contributed by atoms with Crippen LogP contribution in [0.2, 0.25) is 5.02 Å². The van der Waals surface area contributed by atoms with E-state index in [2.05, 4.69) is 5.10 Å². The number of benzene rings is 2. The number of Topliss-reactive ketones (excluding diaryl/α,β-unsaturated/α-hetero) is 1. The number of amides is 1. The van der Waals surface area contributed by atoms with E-state index in [1.807, 2.05) is 31.2 Å². The van der Waals surface area contributed by atoms with E-state index in [0.29, 0.717) is 23.4 Å². The first-order valence-corrected chi connectivity index (χ1v) is 9.95. The third-order valence-corrected chi connectivity index (χ3v) is 4.92. The molecular weight excluding hydrogens is 405 g/mol. The number of aryl methyl sites for hydroxylation is 2. The van der Waals surface area contributed by atoms with Crippen LogP contribution in [0.15, 0.2) is 48.5 Å². The number of ketones is 1. The van der Waals surface area contributed by atoms with Crippen molar-refractivity contribution in [2.75, 3.05) is 14.1 Å². The van der Waals surface area contributed by atoms with Gasteiger partial charge in [0.1, 0.15) is 11.6 Å². The molecule has 0 unspecified atom stereocenters. The lowest BCUT2D eigenvalue weighted by Gasteiger charge is -2.11. The molecule has 1 amide bonds. The average molecular weight is 428 g/mol. The quantitative estimate of drug-likeness (QED) is 0.561.